The van der Waals surface area contributed by atoms with E-state index in [4.69, 9.17) is 10.5 Å². The van der Waals surface area contributed by atoms with Crippen molar-refractivity contribution in [1.82, 2.24) is 15.1 Å². The van der Waals surface area contributed by atoms with Crippen LogP contribution in [-0.2, 0) is 14.3 Å². The lowest BCUT2D eigenvalue weighted by atomic mass is 9.99. The summed E-state index contributed by atoms with van der Waals surface area (Å²) in [5, 5.41) is 3.58. The maximum atomic E-state index is 12.7. The summed E-state index contributed by atoms with van der Waals surface area (Å²) >= 11 is 1.84. The summed E-state index contributed by atoms with van der Waals surface area (Å²) in [7, 11) is 0. The molecule has 0 saturated carbocycles. The van der Waals surface area contributed by atoms with Crippen molar-refractivity contribution in [2.24, 2.45) is 11.7 Å². The molecule has 2 amide bonds. The van der Waals surface area contributed by atoms with Crippen LogP contribution in [0, 0.1) is 5.92 Å². The van der Waals surface area contributed by atoms with Crippen LogP contribution in [0.5, 0.6) is 0 Å². The molecule has 3 aliphatic heterocycles. The van der Waals surface area contributed by atoms with E-state index in [1.54, 1.807) is 0 Å². The molecule has 7 nitrogen and oxygen atoms in total. The molecule has 3 saturated heterocycles. The maximum absolute atomic E-state index is 12.7. The molecular weight excluding hydrogens is 340 g/mol. The summed E-state index contributed by atoms with van der Waals surface area (Å²) in [4.78, 5) is 28.8. The molecule has 0 aliphatic carbocycles. The summed E-state index contributed by atoms with van der Waals surface area (Å²) in [5.41, 5.74) is 6.01. The summed E-state index contributed by atoms with van der Waals surface area (Å²) in [6.45, 7) is 7.99. The first-order chi connectivity index (χ1) is 11.9. The van der Waals surface area contributed by atoms with Crippen LogP contribution in [0.4, 0.5) is 0 Å². The third-order valence-corrected chi connectivity index (χ3v) is 7.05. The molecule has 3 heterocycles. The van der Waals surface area contributed by atoms with Gasteiger partial charge in [-0.3, -0.25) is 14.9 Å². The van der Waals surface area contributed by atoms with Gasteiger partial charge in [0.2, 0.25) is 11.8 Å². The van der Waals surface area contributed by atoms with E-state index in [1.807, 2.05) is 35.4 Å². The molecule has 0 bridgehead atoms. The lowest BCUT2D eigenvalue weighted by Crippen LogP contribution is -2.57. The predicted octanol–water partition coefficient (Wildman–Crippen LogP) is -0.148. The second-order valence-electron chi connectivity index (χ2n) is 7.53. The van der Waals surface area contributed by atoms with Crippen LogP contribution in [0.1, 0.15) is 26.7 Å². The molecule has 0 aromatic heterocycles. The Balaban J connectivity index is 1.52. The number of carbonyl (C=O) groups is 2. The molecule has 3 rings (SSSR count). The van der Waals surface area contributed by atoms with Crippen LogP contribution in [0.15, 0.2) is 0 Å². The highest BCUT2D eigenvalue weighted by molar-refractivity contribution is 8.01. The molecule has 2 atom stereocenters. The van der Waals surface area contributed by atoms with Crippen molar-refractivity contribution in [3.8, 4) is 0 Å². The van der Waals surface area contributed by atoms with E-state index in [1.165, 1.54) is 0 Å². The summed E-state index contributed by atoms with van der Waals surface area (Å²) in [5.74, 6) is 1.19. The Morgan fingerprint density at radius 3 is 2.40 bits per heavy atom. The Morgan fingerprint density at radius 2 is 1.80 bits per heavy atom. The topological polar surface area (TPSA) is 87.9 Å². The fourth-order valence-corrected chi connectivity index (χ4v) is 5.06. The molecule has 1 spiro atoms. The number of carbonyl (C=O) groups excluding carboxylic acids is 2. The molecule has 25 heavy (non-hydrogen) atoms. The molecule has 0 aromatic rings. The molecule has 8 heteroatoms. The zero-order chi connectivity index (χ0) is 18.0. The van der Waals surface area contributed by atoms with Gasteiger partial charge in [0.25, 0.3) is 0 Å². The van der Waals surface area contributed by atoms with Crippen molar-refractivity contribution in [3.63, 3.8) is 0 Å². The normalized spacial score (nSPS) is 27.8. The third kappa shape index (κ3) is 4.13. The van der Waals surface area contributed by atoms with Gasteiger partial charge in [-0.05, 0) is 18.8 Å². The fourth-order valence-electron chi connectivity index (χ4n) is 3.65. The molecule has 3 aliphatic rings. The van der Waals surface area contributed by atoms with Crippen LogP contribution in [0.25, 0.3) is 0 Å². The van der Waals surface area contributed by atoms with Crippen LogP contribution in [-0.4, -0.2) is 83.7 Å². The number of morpholine rings is 1. The van der Waals surface area contributed by atoms with Gasteiger partial charge in [-0.15, -0.1) is 11.8 Å². The first kappa shape index (κ1) is 18.9. The molecule has 3 N–H and O–H groups in total. The molecule has 142 valence electrons. The SMILES string of the molecule is CC(C)[C@H](N)C(=O)N1CCC2(CC1)N[C@H](C(=O)N1CCOCC1)CS2. The van der Waals surface area contributed by atoms with Crippen LogP contribution in [0.3, 0.4) is 0 Å². The minimum absolute atomic E-state index is 0.0498. The summed E-state index contributed by atoms with van der Waals surface area (Å²) in [6.07, 6.45) is 1.72. The van der Waals surface area contributed by atoms with Crippen molar-refractivity contribution in [3.05, 3.63) is 0 Å². The second-order valence-corrected chi connectivity index (χ2v) is 8.94. The quantitative estimate of drug-likeness (QED) is 0.719. The van der Waals surface area contributed by atoms with Gasteiger partial charge < -0.3 is 20.3 Å². The minimum atomic E-state index is -0.422. The highest BCUT2D eigenvalue weighted by Gasteiger charge is 2.45. The largest absolute Gasteiger partial charge is 0.378 e. The van der Waals surface area contributed by atoms with E-state index in [9.17, 15) is 9.59 Å². The summed E-state index contributed by atoms with van der Waals surface area (Å²) < 4.78 is 5.33. The van der Waals surface area contributed by atoms with Crippen LogP contribution in [0.2, 0.25) is 0 Å². The number of thioether (sulfide) groups is 1. The average molecular weight is 371 g/mol. The highest BCUT2D eigenvalue weighted by atomic mass is 32.2. The smallest absolute Gasteiger partial charge is 0.240 e. The predicted molar refractivity (Wildman–Crippen MR) is 98.1 cm³/mol. The minimum Gasteiger partial charge on any atom is -0.378 e. The molecular formula is C17H30N4O3S. The van der Waals surface area contributed by atoms with Gasteiger partial charge in [-0.2, -0.15) is 0 Å². The Bertz CT molecular complexity index is 502. The van der Waals surface area contributed by atoms with Gasteiger partial charge in [0.15, 0.2) is 0 Å². The Hall–Kier alpha value is -0.830. The Labute approximate surface area is 154 Å². The Kier molecular flexibility index (Phi) is 5.92. The highest BCUT2D eigenvalue weighted by Crippen LogP contribution is 2.39. The number of hydrogen-bond acceptors (Lipinski definition) is 6. The standard InChI is InChI=1S/C17H30N4O3S/c1-12(2)14(18)16(23)20-5-3-17(4-6-20)19-13(11-25-17)15(22)21-7-9-24-10-8-21/h12-14,19H,3-11,18H2,1-2H3/t13-,14-/m0/s1. The monoisotopic (exact) mass is 370 g/mol. The van der Waals surface area contributed by atoms with Crippen molar-refractivity contribution in [1.29, 1.82) is 0 Å². The average Bonchev–Trinajstić information content (AvgIpc) is 3.04. The van der Waals surface area contributed by atoms with Gasteiger partial charge >= 0.3 is 0 Å². The third-order valence-electron chi connectivity index (χ3n) is 5.47. The van der Waals surface area contributed by atoms with E-state index < -0.39 is 6.04 Å². The van der Waals surface area contributed by atoms with Crippen molar-refractivity contribution >= 4 is 23.6 Å². The van der Waals surface area contributed by atoms with Gasteiger partial charge in [-0.1, -0.05) is 13.8 Å². The number of rotatable bonds is 3. The second kappa shape index (κ2) is 7.82. The number of hydrogen-bond donors (Lipinski definition) is 2. The first-order valence-corrected chi connectivity index (χ1v) is 10.2. The van der Waals surface area contributed by atoms with Crippen molar-refractivity contribution < 1.29 is 14.3 Å². The van der Waals surface area contributed by atoms with E-state index >= 15 is 0 Å². The zero-order valence-electron chi connectivity index (χ0n) is 15.2. The van der Waals surface area contributed by atoms with Gasteiger partial charge in [0.05, 0.1) is 30.2 Å². The van der Waals surface area contributed by atoms with E-state index in [2.05, 4.69) is 5.32 Å². The van der Waals surface area contributed by atoms with Gasteiger partial charge in [0.1, 0.15) is 0 Å². The number of ether oxygens (including phenoxy) is 1. The summed E-state index contributed by atoms with van der Waals surface area (Å²) in [6, 6.07) is -0.544. The fraction of sp³-hybridized carbons (Fsp3) is 0.882. The molecule has 3 fully saturated rings. The van der Waals surface area contributed by atoms with E-state index in [0.29, 0.717) is 39.4 Å². The number of likely N-dealkylation sites (tertiary alicyclic amines) is 1. The Morgan fingerprint density at radius 1 is 1.16 bits per heavy atom. The number of piperidine rings is 1. The maximum Gasteiger partial charge on any atom is 0.240 e. The lowest BCUT2D eigenvalue weighted by Gasteiger charge is -2.40. The number of amides is 2. The van der Waals surface area contributed by atoms with Crippen LogP contribution >= 0.6 is 11.8 Å². The number of nitrogens with zero attached hydrogens (tertiary/aromatic N) is 2. The number of nitrogens with two attached hydrogens (primary N) is 1. The van der Waals surface area contributed by atoms with Crippen LogP contribution < -0.4 is 11.1 Å². The molecule has 0 radical (unpaired) electrons. The van der Waals surface area contributed by atoms with Crippen molar-refractivity contribution in [2.45, 2.75) is 43.6 Å². The molecule has 0 aromatic carbocycles. The van der Waals surface area contributed by atoms with E-state index in [-0.39, 0.29) is 28.6 Å². The first-order valence-electron chi connectivity index (χ1n) is 9.24. The zero-order valence-corrected chi connectivity index (χ0v) is 16.0. The van der Waals surface area contributed by atoms with Crippen molar-refractivity contribution in [2.75, 3.05) is 45.1 Å². The number of nitrogens with one attached hydrogen (secondary N) is 1. The lowest BCUT2D eigenvalue weighted by molar-refractivity contribution is -0.138. The van der Waals surface area contributed by atoms with Gasteiger partial charge in [-0.25, -0.2) is 0 Å². The van der Waals surface area contributed by atoms with E-state index in [0.717, 1.165) is 18.6 Å². The molecule has 0 unspecified atom stereocenters. The van der Waals surface area contributed by atoms with Gasteiger partial charge in [0, 0.05) is 31.9 Å².